The maximum Gasteiger partial charge on any atom is 0.158 e. The van der Waals surface area contributed by atoms with Crippen LogP contribution in [0.2, 0.25) is 0 Å². The van der Waals surface area contributed by atoms with Crippen molar-refractivity contribution in [2.45, 2.75) is 32.6 Å². The monoisotopic (exact) mass is 286 g/mol. The van der Waals surface area contributed by atoms with E-state index in [0.717, 1.165) is 23.5 Å². The lowest BCUT2D eigenvalue weighted by Crippen LogP contribution is -2.20. The van der Waals surface area contributed by atoms with Gasteiger partial charge in [-0.1, -0.05) is 19.1 Å². The summed E-state index contributed by atoms with van der Waals surface area (Å²) in [4.78, 5) is 8.48. The average molecular weight is 286 g/mol. The van der Waals surface area contributed by atoms with Gasteiger partial charge in [0.15, 0.2) is 5.75 Å². The quantitative estimate of drug-likeness (QED) is 0.861. The fourth-order valence-corrected chi connectivity index (χ4v) is 2.89. The second kappa shape index (κ2) is 5.10. The van der Waals surface area contributed by atoms with Crippen molar-refractivity contribution in [3.63, 3.8) is 0 Å². The van der Waals surface area contributed by atoms with Crippen molar-refractivity contribution < 1.29 is 9.13 Å². The molecule has 1 aliphatic rings. The van der Waals surface area contributed by atoms with Gasteiger partial charge in [-0.05, 0) is 43.9 Å². The number of rotatable bonds is 4. The van der Waals surface area contributed by atoms with Crippen molar-refractivity contribution in [3.8, 4) is 5.75 Å². The zero-order valence-corrected chi connectivity index (χ0v) is 12.6. The molecule has 1 aromatic heterocycles. The molecule has 0 bridgehead atoms. The number of ether oxygens (including phenoxy) is 1. The summed E-state index contributed by atoms with van der Waals surface area (Å²) in [6.07, 6.45) is 2.73. The molecular weight excluding hydrogens is 267 g/mol. The number of halogens is 1. The molecule has 110 valence electrons. The van der Waals surface area contributed by atoms with Gasteiger partial charge in [-0.15, -0.1) is 0 Å². The lowest BCUT2D eigenvalue weighted by atomic mass is 9.94. The van der Waals surface area contributed by atoms with Crippen molar-refractivity contribution in [1.82, 2.24) is 9.97 Å². The summed E-state index contributed by atoms with van der Waals surface area (Å²) in [7, 11) is 0. The van der Waals surface area contributed by atoms with Crippen molar-refractivity contribution >= 4 is 0 Å². The third-order valence-electron chi connectivity index (χ3n) is 4.39. The molecule has 0 amide bonds. The highest BCUT2D eigenvalue weighted by Crippen LogP contribution is 2.54. The fourth-order valence-electron chi connectivity index (χ4n) is 2.89. The predicted molar refractivity (Wildman–Crippen MR) is 78.9 cm³/mol. The summed E-state index contributed by atoms with van der Waals surface area (Å²) in [6.45, 7) is 6.47. The van der Waals surface area contributed by atoms with Crippen molar-refractivity contribution in [2.24, 2.45) is 5.92 Å². The first-order valence-corrected chi connectivity index (χ1v) is 7.20. The molecule has 0 saturated heterocycles. The summed E-state index contributed by atoms with van der Waals surface area (Å²) >= 11 is 0. The molecule has 3 nitrogen and oxygen atoms in total. The Hall–Kier alpha value is -1.97. The second-order valence-corrected chi connectivity index (χ2v) is 5.93. The maximum absolute atomic E-state index is 13.5. The normalized spacial score (nSPS) is 23.9. The molecule has 1 saturated carbocycles. The summed E-state index contributed by atoms with van der Waals surface area (Å²) < 4.78 is 19.4. The minimum atomic E-state index is -0.194. The van der Waals surface area contributed by atoms with Gasteiger partial charge in [-0.25, -0.2) is 14.4 Å². The van der Waals surface area contributed by atoms with Crippen LogP contribution in [0, 0.1) is 25.6 Å². The van der Waals surface area contributed by atoms with Crippen molar-refractivity contribution in [2.75, 3.05) is 6.61 Å². The standard InChI is InChI=1S/C17H19FN2O/c1-11-8-17(11,14-5-4-6-15(18)7-14)10-21-16-9-19-13(3)20-12(16)2/h4-7,9,11H,8,10H2,1-3H3/t11-,17+/m1/s1. The highest BCUT2D eigenvalue weighted by Gasteiger charge is 2.53. The van der Waals surface area contributed by atoms with E-state index in [1.54, 1.807) is 18.3 Å². The van der Waals surface area contributed by atoms with Crippen LogP contribution in [0.1, 0.15) is 30.4 Å². The molecule has 0 radical (unpaired) electrons. The van der Waals surface area contributed by atoms with E-state index < -0.39 is 0 Å². The molecule has 0 spiro atoms. The van der Waals surface area contributed by atoms with Gasteiger partial charge in [0.25, 0.3) is 0 Å². The first-order valence-electron chi connectivity index (χ1n) is 7.20. The highest BCUT2D eigenvalue weighted by atomic mass is 19.1. The molecule has 1 heterocycles. The van der Waals surface area contributed by atoms with Gasteiger partial charge >= 0.3 is 0 Å². The molecule has 0 N–H and O–H groups in total. The van der Waals surface area contributed by atoms with Gasteiger partial charge < -0.3 is 4.74 Å². The Morgan fingerprint density at radius 1 is 1.38 bits per heavy atom. The maximum atomic E-state index is 13.5. The fraction of sp³-hybridized carbons (Fsp3) is 0.412. The zero-order valence-electron chi connectivity index (χ0n) is 12.6. The first-order chi connectivity index (χ1) is 10.0. The number of nitrogens with zero attached hydrogens (tertiary/aromatic N) is 2. The van der Waals surface area contributed by atoms with Crippen LogP contribution >= 0.6 is 0 Å². The Morgan fingerprint density at radius 2 is 2.14 bits per heavy atom. The van der Waals surface area contributed by atoms with Gasteiger partial charge in [0, 0.05) is 5.41 Å². The van der Waals surface area contributed by atoms with E-state index in [-0.39, 0.29) is 11.2 Å². The summed E-state index contributed by atoms with van der Waals surface area (Å²) in [6, 6.07) is 6.83. The zero-order chi connectivity index (χ0) is 15.0. The number of hydrogen-bond donors (Lipinski definition) is 0. The molecule has 1 aromatic carbocycles. The van der Waals surface area contributed by atoms with E-state index in [1.807, 2.05) is 19.9 Å². The summed E-state index contributed by atoms with van der Waals surface area (Å²) in [5.41, 5.74) is 1.77. The molecule has 2 atom stereocenters. The second-order valence-electron chi connectivity index (χ2n) is 5.93. The van der Waals surface area contributed by atoms with Crippen LogP contribution < -0.4 is 4.74 Å². The average Bonchev–Trinajstić information content (AvgIpc) is 3.10. The molecule has 3 rings (SSSR count). The Kier molecular flexibility index (Phi) is 3.40. The van der Waals surface area contributed by atoms with Gasteiger partial charge in [-0.2, -0.15) is 0 Å². The molecule has 0 unspecified atom stereocenters. The van der Waals surface area contributed by atoms with Crippen LogP contribution in [0.4, 0.5) is 4.39 Å². The Morgan fingerprint density at radius 3 is 2.76 bits per heavy atom. The van der Waals surface area contributed by atoms with E-state index in [0.29, 0.717) is 18.3 Å². The number of aromatic nitrogens is 2. The van der Waals surface area contributed by atoms with Gasteiger partial charge in [0.1, 0.15) is 11.6 Å². The third-order valence-corrected chi connectivity index (χ3v) is 4.39. The van der Waals surface area contributed by atoms with Crippen LogP contribution in [0.25, 0.3) is 0 Å². The minimum absolute atomic E-state index is 0.0839. The van der Waals surface area contributed by atoms with Crippen molar-refractivity contribution in [1.29, 1.82) is 0 Å². The Balaban J connectivity index is 1.79. The highest BCUT2D eigenvalue weighted by molar-refractivity contribution is 5.35. The topological polar surface area (TPSA) is 35.0 Å². The van der Waals surface area contributed by atoms with Crippen LogP contribution in [-0.2, 0) is 5.41 Å². The predicted octanol–water partition coefficient (Wildman–Crippen LogP) is 3.59. The number of hydrogen-bond acceptors (Lipinski definition) is 3. The molecule has 21 heavy (non-hydrogen) atoms. The van der Waals surface area contributed by atoms with Crippen LogP contribution in [0.5, 0.6) is 5.75 Å². The molecular formula is C17H19FN2O. The largest absolute Gasteiger partial charge is 0.489 e. The SMILES string of the molecule is Cc1ncc(OC[C@@]2(c3cccc(F)c3)C[C@H]2C)c(C)n1. The van der Waals surface area contributed by atoms with Crippen LogP contribution in [0.15, 0.2) is 30.5 Å². The van der Waals surface area contributed by atoms with Crippen LogP contribution in [0.3, 0.4) is 0 Å². The molecule has 2 aromatic rings. The summed E-state index contributed by atoms with van der Waals surface area (Å²) in [5, 5.41) is 0. The smallest absolute Gasteiger partial charge is 0.158 e. The van der Waals surface area contributed by atoms with E-state index in [2.05, 4.69) is 16.9 Å². The molecule has 4 heteroatoms. The van der Waals surface area contributed by atoms with Gasteiger partial charge in [0.05, 0.1) is 18.5 Å². The van der Waals surface area contributed by atoms with Crippen LogP contribution in [-0.4, -0.2) is 16.6 Å². The van der Waals surface area contributed by atoms with Crippen molar-refractivity contribution in [3.05, 3.63) is 53.4 Å². The van der Waals surface area contributed by atoms with E-state index >= 15 is 0 Å². The Bertz CT molecular complexity index is 674. The van der Waals surface area contributed by atoms with Gasteiger partial charge in [-0.3, -0.25) is 0 Å². The van der Waals surface area contributed by atoms with E-state index in [9.17, 15) is 4.39 Å². The molecule has 1 aliphatic carbocycles. The van der Waals surface area contributed by atoms with Gasteiger partial charge in [0.2, 0.25) is 0 Å². The first kappa shape index (κ1) is 14.0. The molecule has 0 aliphatic heterocycles. The third kappa shape index (κ3) is 2.62. The number of aryl methyl sites for hydroxylation is 2. The van der Waals surface area contributed by atoms with E-state index in [4.69, 9.17) is 4.74 Å². The Labute approximate surface area is 124 Å². The number of benzene rings is 1. The lowest BCUT2D eigenvalue weighted by molar-refractivity contribution is 0.265. The lowest BCUT2D eigenvalue weighted by Gasteiger charge is -2.19. The summed E-state index contributed by atoms with van der Waals surface area (Å²) in [5.74, 6) is 1.74. The minimum Gasteiger partial charge on any atom is -0.489 e. The van der Waals surface area contributed by atoms with E-state index in [1.165, 1.54) is 6.07 Å². The molecule has 1 fully saturated rings.